The Morgan fingerprint density at radius 2 is 2.20 bits per heavy atom. The van der Waals surface area contributed by atoms with Gasteiger partial charge in [0, 0.05) is 19.4 Å². The van der Waals surface area contributed by atoms with E-state index in [9.17, 15) is 4.79 Å². The Morgan fingerprint density at radius 3 is 2.60 bits per heavy atom. The van der Waals surface area contributed by atoms with E-state index in [1.165, 1.54) is 0 Å². The van der Waals surface area contributed by atoms with E-state index in [4.69, 9.17) is 0 Å². The summed E-state index contributed by atoms with van der Waals surface area (Å²) in [5, 5.41) is 4.27. The Balaban J connectivity index is 2.85. The molecule has 0 fully saturated rings. The number of hydrogen-bond donors (Lipinski definition) is 0. The molecule has 0 aliphatic carbocycles. The fourth-order valence-corrected chi connectivity index (χ4v) is 1.92. The van der Waals surface area contributed by atoms with Gasteiger partial charge in [-0.1, -0.05) is 13.8 Å². The third kappa shape index (κ3) is 2.68. The Hall–Kier alpha value is -0.640. The zero-order valence-electron chi connectivity index (χ0n) is 9.67. The zero-order chi connectivity index (χ0) is 11.6. The predicted molar refractivity (Wildman–Crippen MR) is 63.8 cm³/mol. The molecule has 0 aliphatic rings. The van der Waals surface area contributed by atoms with Crippen LogP contribution in [0, 0.1) is 12.8 Å². The molecule has 0 saturated carbocycles. The van der Waals surface area contributed by atoms with Crippen molar-refractivity contribution in [3.05, 3.63) is 15.9 Å². The molecule has 84 valence electrons. The molecule has 0 N–H and O–H groups in total. The fraction of sp³-hybridized carbons (Fsp3) is 0.636. The second kappa shape index (κ2) is 4.92. The summed E-state index contributed by atoms with van der Waals surface area (Å²) in [5.74, 6) is 0.410. The van der Waals surface area contributed by atoms with Gasteiger partial charge in [-0.3, -0.25) is 9.48 Å². The monoisotopic (exact) mass is 272 g/mol. The van der Waals surface area contributed by atoms with Crippen LogP contribution in [-0.4, -0.2) is 15.6 Å². The van der Waals surface area contributed by atoms with Crippen molar-refractivity contribution in [3.8, 4) is 0 Å². The van der Waals surface area contributed by atoms with Crippen molar-refractivity contribution in [2.24, 2.45) is 13.0 Å². The van der Waals surface area contributed by atoms with Crippen molar-refractivity contribution in [2.75, 3.05) is 0 Å². The molecular weight excluding hydrogens is 256 g/mol. The van der Waals surface area contributed by atoms with Gasteiger partial charge in [0.2, 0.25) is 0 Å². The molecule has 0 amide bonds. The standard InChI is InChI=1S/C11H17BrN2O/c1-5-7(2)10(15)6-9-11(12)8(3)13-14(9)4/h7H,5-6H2,1-4H3. The highest BCUT2D eigenvalue weighted by Gasteiger charge is 2.17. The van der Waals surface area contributed by atoms with Gasteiger partial charge in [-0.25, -0.2) is 0 Å². The van der Waals surface area contributed by atoms with Crippen LogP contribution in [0.4, 0.5) is 0 Å². The van der Waals surface area contributed by atoms with Gasteiger partial charge in [0.1, 0.15) is 5.78 Å². The van der Waals surface area contributed by atoms with Gasteiger partial charge < -0.3 is 0 Å². The Kier molecular flexibility index (Phi) is 4.08. The number of aromatic nitrogens is 2. The molecule has 1 heterocycles. The molecule has 0 radical (unpaired) electrons. The van der Waals surface area contributed by atoms with Gasteiger partial charge in [-0.05, 0) is 29.3 Å². The molecule has 0 bridgehead atoms. The van der Waals surface area contributed by atoms with Gasteiger partial charge >= 0.3 is 0 Å². The van der Waals surface area contributed by atoms with E-state index in [1.54, 1.807) is 4.68 Å². The van der Waals surface area contributed by atoms with Gasteiger partial charge in [-0.15, -0.1) is 0 Å². The van der Waals surface area contributed by atoms with E-state index < -0.39 is 0 Å². The fourth-order valence-electron chi connectivity index (χ4n) is 1.44. The third-order valence-corrected chi connectivity index (χ3v) is 3.80. The lowest BCUT2D eigenvalue weighted by atomic mass is 10.00. The quantitative estimate of drug-likeness (QED) is 0.845. The maximum absolute atomic E-state index is 11.8. The number of carbonyl (C=O) groups is 1. The second-order valence-corrected chi connectivity index (χ2v) is 4.72. The second-order valence-electron chi connectivity index (χ2n) is 3.92. The number of hydrogen-bond acceptors (Lipinski definition) is 2. The van der Waals surface area contributed by atoms with Gasteiger partial charge in [-0.2, -0.15) is 5.10 Å². The normalized spacial score (nSPS) is 12.9. The van der Waals surface area contributed by atoms with E-state index in [2.05, 4.69) is 21.0 Å². The van der Waals surface area contributed by atoms with Gasteiger partial charge in [0.25, 0.3) is 0 Å². The van der Waals surface area contributed by atoms with Crippen LogP contribution in [-0.2, 0) is 18.3 Å². The first kappa shape index (κ1) is 12.4. The Bertz CT molecular complexity index is 371. The average Bonchev–Trinajstić information content (AvgIpc) is 2.43. The molecular formula is C11H17BrN2O. The van der Waals surface area contributed by atoms with Crippen molar-refractivity contribution in [1.82, 2.24) is 9.78 Å². The highest BCUT2D eigenvalue weighted by molar-refractivity contribution is 9.10. The highest BCUT2D eigenvalue weighted by atomic mass is 79.9. The minimum atomic E-state index is 0.132. The van der Waals surface area contributed by atoms with Crippen LogP contribution >= 0.6 is 15.9 Å². The van der Waals surface area contributed by atoms with Crippen LogP contribution in [0.25, 0.3) is 0 Å². The van der Waals surface area contributed by atoms with E-state index in [-0.39, 0.29) is 11.7 Å². The summed E-state index contributed by atoms with van der Waals surface area (Å²) in [6, 6.07) is 0. The minimum Gasteiger partial charge on any atom is -0.299 e. The van der Waals surface area contributed by atoms with Gasteiger partial charge in [0.05, 0.1) is 15.9 Å². The summed E-state index contributed by atoms with van der Waals surface area (Å²) in [4.78, 5) is 11.8. The lowest BCUT2D eigenvalue weighted by Gasteiger charge is -2.07. The van der Waals surface area contributed by atoms with E-state index >= 15 is 0 Å². The summed E-state index contributed by atoms with van der Waals surface area (Å²) in [6.07, 6.45) is 1.36. The number of Topliss-reactive ketones (excluding diaryl/α,β-unsaturated/α-hetero) is 1. The van der Waals surface area contributed by atoms with Crippen molar-refractivity contribution in [1.29, 1.82) is 0 Å². The molecule has 4 heteroatoms. The molecule has 15 heavy (non-hydrogen) atoms. The highest BCUT2D eigenvalue weighted by Crippen LogP contribution is 2.21. The van der Waals surface area contributed by atoms with Crippen LogP contribution in [0.2, 0.25) is 0 Å². The molecule has 1 atom stereocenters. The van der Waals surface area contributed by atoms with E-state index in [0.717, 1.165) is 22.3 Å². The van der Waals surface area contributed by atoms with E-state index in [1.807, 2.05) is 27.8 Å². The zero-order valence-corrected chi connectivity index (χ0v) is 11.3. The van der Waals surface area contributed by atoms with Crippen molar-refractivity contribution in [2.45, 2.75) is 33.6 Å². The lowest BCUT2D eigenvalue weighted by molar-refractivity contribution is -0.121. The maximum Gasteiger partial charge on any atom is 0.141 e. The first-order valence-corrected chi connectivity index (χ1v) is 5.97. The summed E-state index contributed by atoms with van der Waals surface area (Å²) < 4.78 is 2.74. The molecule has 0 aromatic carbocycles. The minimum absolute atomic E-state index is 0.132. The van der Waals surface area contributed by atoms with Crippen LogP contribution in [0.1, 0.15) is 31.7 Å². The van der Waals surface area contributed by atoms with Crippen LogP contribution in [0.15, 0.2) is 4.47 Å². The lowest BCUT2D eigenvalue weighted by Crippen LogP contribution is -2.15. The van der Waals surface area contributed by atoms with E-state index in [0.29, 0.717) is 6.42 Å². The largest absolute Gasteiger partial charge is 0.299 e. The average molecular weight is 273 g/mol. The van der Waals surface area contributed by atoms with Crippen LogP contribution in [0.5, 0.6) is 0 Å². The SMILES string of the molecule is CCC(C)C(=O)Cc1c(Br)c(C)nn1C. The molecule has 3 nitrogen and oxygen atoms in total. The van der Waals surface area contributed by atoms with Crippen molar-refractivity contribution >= 4 is 21.7 Å². The number of halogens is 1. The number of aryl methyl sites for hydroxylation is 2. The smallest absolute Gasteiger partial charge is 0.141 e. The first-order valence-electron chi connectivity index (χ1n) is 5.18. The molecule has 1 aromatic rings. The molecule has 1 aromatic heterocycles. The summed E-state index contributed by atoms with van der Waals surface area (Å²) in [6.45, 7) is 5.94. The van der Waals surface area contributed by atoms with Gasteiger partial charge in [0.15, 0.2) is 0 Å². The van der Waals surface area contributed by atoms with Crippen molar-refractivity contribution < 1.29 is 4.79 Å². The van der Waals surface area contributed by atoms with Crippen molar-refractivity contribution in [3.63, 3.8) is 0 Å². The third-order valence-electron chi connectivity index (χ3n) is 2.77. The Labute approximate surface area is 99.0 Å². The number of rotatable bonds is 4. The molecule has 1 unspecified atom stereocenters. The molecule has 1 rings (SSSR count). The number of ketones is 1. The Morgan fingerprint density at radius 1 is 1.60 bits per heavy atom. The topological polar surface area (TPSA) is 34.9 Å². The first-order chi connectivity index (χ1) is 6.97. The summed E-state index contributed by atoms with van der Waals surface area (Å²) >= 11 is 3.46. The number of nitrogens with zero attached hydrogens (tertiary/aromatic N) is 2. The summed E-state index contributed by atoms with van der Waals surface area (Å²) in [5.41, 5.74) is 1.90. The molecule has 0 saturated heterocycles. The summed E-state index contributed by atoms with van der Waals surface area (Å²) in [7, 11) is 1.87. The number of carbonyl (C=O) groups excluding carboxylic acids is 1. The van der Waals surface area contributed by atoms with Crippen LogP contribution in [0.3, 0.4) is 0 Å². The van der Waals surface area contributed by atoms with Crippen LogP contribution < -0.4 is 0 Å². The predicted octanol–water partition coefficient (Wildman–Crippen LogP) is 2.65. The molecule has 0 spiro atoms. The molecule has 0 aliphatic heterocycles. The maximum atomic E-state index is 11.8.